The van der Waals surface area contributed by atoms with Crippen LogP contribution >= 0.6 is 0 Å². The van der Waals surface area contributed by atoms with Gasteiger partial charge in [-0.3, -0.25) is 0 Å². The summed E-state index contributed by atoms with van der Waals surface area (Å²) < 4.78 is 15.8. The van der Waals surface area contributed by atoms with E-state index in [1.165, 1.54) is 25.3 Å². The lowest BCUT2D eigenvalue weighted by molar-refractivity contribution is -0.277. The molecular weight excluding hydrogens is 336 g/mol. The van der Waals surface area contributed by atoms with Crippen LogP contribution in [0.5, 0.6) is 17.2 Å². The number of phenolic OH excluding ortho intramolecular Hbond substituents is 1. The van der Waals surface area contributed by atoms with Crippen molar-refractivity contribution in [2.45, 2.75) is 30.7 Å². The van der Waals surface area contributed by atoms with E-state index < -0.39 is 37.3 Å². The zero-order valence-corrected chi connectivity index (χ0v) is 13.5. The van der Waals surface area contributed by atoms with Crippen molar-refractivity contribution in [3.05, 3.63) is 23.8 Å². The number of aromatic hydroxyl groups is 1. The second kappa shape index (κ2) is 8.48. The SMILES string of the molecule is COc1cc(C=CCO)cc(O)c1OC1OC(CO)C(O)C(O)C1O. The van der Waals surface area contributed by atoms with Gasteiger partial charge in [-0.2, -0.15) is 0 Å². The zero-order chi connectivity index (χ0) is 18.6. The Morgan fingerprint density at radius 1 is 1.12 bits per heavy atom. The molecule has 5 atom stereocenters. The van der Waals surface area contributed by atoms with Crippen LogP contribution in [0, 0.1) is 0 Å². The van der Waals surface area contributed by atoms with E-state index in [9.17, 15) is 25.5 Å². The number of hydrogen-bond acceptors (Lipinski definition) is 9. The molecule has 0 radical (unpaired) electrons. The summed E-state index contributed by atoms with van der Waals surface area (Å²) in [6.07, 6.45) is -4.29. The van der Waals surface area contributed by atoms with Gasteiger partial charge in [-0.25, -0.2) is 0 Å². The molecule has 1 aromatic rings. The van der Waals surface area contributed by atoms with Crippen LogP contribution in [-0.2, 0) is 4.74 Å². The number of hydrogen-bond donors (Lipinski definition) is 6. The monoisotopic (exact) mass is 358 g/mol. The van der Waals surface area contributed by atoms with Crippen molar-refractivity contribution in [1.82, 2.24) is 0 Å². The van der Waals surface area contributed by atoms with Gasteiger partial charge in [-0.15, -0.1) is 0 Å². The maximum Gasteiger partial charge on any atom is 0.229 e. The van der Waals surface area contributed by atoms with Crippen LogP contribution in [0.1, 0.15) is 5.56 Å². The van der Waals surface area contributed by atoms with Gasteiger partial charge < -0.3 is 44.8 Å². The topological polar surface area (TPSA) is 149 Å². The van der Waals surface area contributed by atoms with Crippen molar-refractivity contribution < 1.29 is 44.8 Å². The minimum atomic E-state index is -1.61. The maximum atomic E-state index is 10.2. The molecule has 140 valence electrons. The second-order valence-corrected chi connectivity index (χ2v) is 5.47. The third-order valence-electron chi connectivity index (χ3n) is 3.78. The Labute approximate surface area is 143 Å². The Kier molecular flexibility index (Phi) is 6.59. The summed E-state index contributed by atoms with van der Waals surface area (Å²) in [5, 5.41) is 57.7. The quantitative estimate of drug-likeness (QED) is 0.360. The third-order valence-corrected chi connectivity index (χ3v) is 3.78. The lowest BCUT2D eigenvalue weighted by Gasteiger charge is -2.39. The molecule has 0 spiro atoms. The first-order chi connectivity index (χ1) is 11.9. The number of methoxy groups -OCH3 is 1. The summed E-state index contributed by atoms with van der Waals surface area (Å²) >= 11 is 0. The Hall–Kier alpha value is -1.88. The molecule has 25 heavy (non-hydrogen) atoms. The highest BCUT2D eigenvalue weighted by molar-refractivity contribution is 5.61. The average Bonchev–Trinajstić information content (AvgIpc) is 2.61. The molecule has 5 unspecified atom stereocenters. The minimum Gasteiger partial charge on any atom is -0.504 e. The Morgan fingerprint density at radius 2 is 1.84 bits per heavy atom. The minimum absolute atomic E-state index is 0.120. The van der Waals surface area contributed by atoms with Crippen molar-refractivity contribution in [3.8, 4) is 17.2 Å². The molecule has 9 nitrogen and oxygen atoms in total. The molecular formula is C16H22O9. The molecule has 1 fully saturated rings. The van der Waals surface area contributed by atoms with Gasteiger partial charge in [0.1, 0.15) is 24.4 Å². The van der Waals surface area contributed by atoms with Crippen LogP contribution in [0.4, 0.5) is 0 Å². The van der Waals surface area contributed by atoms with E-state index in [-0.39, 0.29) is 23.9 Å². The molecule has 1 saturated heterocycles. The van der Waals surface area contributed by atoms with E-state index in [1.807, 2.05) is 0 Å². The number of rotatable bonds is 6. The van der Waals surface area contributed by atoms with Gasteiger partial charge in [0.05, 0.1) is 20.3 Å². The lowest BCUT2D eigenvalue weighted by Crippen LogP contribution is -2.60. The molecule has 1 aliphatic rings. The smallest absolute Gasteiger partial charge is 0.229 e. The fourth-order valence-corrected chi connectivity index (χ4v) is 2.44. The highest BCUT2D eigenvalue weighted by Crippen LogP contribution is 2.40. The van der Waals surface area contributed by atoms with E-state index in [0.29, 0.717) is 5.56 Å². The first-order valence-corrected chi connectivity index (χ1v) is 7.58. The normalized spacial score (nSPS) is 29.8. The molecule has 9 heteroatoms. The van der Waals surface area contributed by atoms with Crippen LogP contribution in [0.15, 0.2) is 18.2 Å². The molecule has 0 aromatic heterocycles. The number of benzene rings is 1. The van der Waals surface area contributed by atoms with Gasteiger partial charge in [0, 0.05) is 0 Å². The highest BCUT2D eigenvalue weighted by atomic mass is 16.7. The summed E-state index contributed by atoms with van der Waals surface area (Å²) in [7, 11) is 1.34. The number of aliphatic hydroxyl groups excluding tert-OH is 5. The van der Waals surface area contributed by atoms with E-state index in [1.54, 1.807) is 6.08 Å². The predicted octanol–water partition coefficient (Wildman–Crippen LogP) is -1.42. The highest BCUT2D eigenvalue weighted by Gasteiger charge is 2.45. The summed E-state index contributed by atoms with van der Waals surface area (Å²) in [5.41, 5.74) is 0.532. The van der Waals surface area contributed by atoms with Crippen LogP contribution in [-0.4, -0.2) is 81.7 Å². The maximum absolute atomic E-state index is 10.2. The van der Waals surface area contributed by atoms with Crippen LogP contribution < -0.4 is 9.47 Å². The number of ether oxygens (including phenoxy) is 3. The molecule has 1 aromatic carbocycles. The van der Waals surface area contributed by atoms with Gasteiger partial charge in [-0.05, 0) is 17.7 Å². The largest absolute Gasteiger partial charge is 0.504 e. The Morgan fingerprint density at radius 3 is 2.44 bits per heavy atom. The first kappa shape index (κ1) is 19.4. The van der Waals surface area contributed by atoms with Gasteiger partial charge in [0.2, 0.25) is 12.0 Å². The van der Waals surface area contributed by atoms with Crippen LogP contribution in [0.25, 0.3) is 6.08 Å². The van der Waals surface area contributed by atoms with Crippen molar-refractivity contribution in [3.63, 3.8) is 0 Å². The molecule has 0 amide bonds. The third kappa shape index (κ3) is 4.21. The molecule has 6 N–H and O–H groups in total. The summed E-state index contributed by atoms with van der Waals surface area (Å²) in [6.45, 7) is -0.773. The van der Waals surface area contributed by atoms with E-state index in [4.69, 9.17) is 19.3 Å². The van der Waals surface area contributed by atoms with E-state index >= 15 is 0 Å². The molecule has 2 rings (SSSR count). The predicted molar refractivity (Wildman–Crippen MR) is 85.2 cm³/mol. The first-order valence-electron chi connectivity index (χ1n) is 7.58. The molecule has 1 heterocycles. The van der Waals surface area contributed by atoms with Crippen molar-refractivity contribution >= 4 is 6.08 Å². The fourth-order valence-electron chi connectivity index (χ4n) is 2.44. The molecule has 0 saturated carbocycles. The van der Waals surface area contributed by atoms with Crippen molar-refractivity contribution in [2.24, 2.45) is 0 Å². The van der Waals surface area contributed by atoms with Gasteiger partial charge >= 0.3 is 0 Å². The summed E-state index contributed by atoms with van der Waals surface area (Å²) in [5.74, 6) is -0.351. The summed E-state index contributed by atoms with van der Waals surface area (Å²) in [6, 6.07) is 2.86. The second-order valence-electron chi connectivity index (χ2n) is 5.47. The van der Waals surface area contributed by atoms with Gasteiger partial charge in [0.25, 0.3) is 0 Å². The van der Waals surface area contributed by atoms with Crippen molar-refractivity contribution in [1.29, 1.82) is 0 Å². The summed E-state index contributed by atoms with van der Waals surface area (Å²) in [4.78, 5) is 0. The van der Waals surface area contributed by atoms with Gasteiger partial charge in [0.15, 0.2) is 11.5 Å². The standard InChI is InChI=1S/C16H22O9/c1-23-10-6-8(3-2-4-17)5-9(19)15(10)25-16-14(22)13(21)12(20)11(7-18)24-16/h2-3,5-6,11-14,16-22H,4,7H2,1H3. The lowest BCUT2D eigenvalue weighted by atomic mass is 9.99. The Balaban J connectivity index is 2.28. The Bertz CT molecular complexity index is 602. The van der Waals surface area contributed by atoms with Crippen LogP contribution in [0.2, 0.25) is 0 Å². The van der Waals surface area contributed by atoms with Gasteiger partial charge in [-0.1, -0.05) is 12.2 Å². The average molecular weight is 358 g/mol. The molecule has 1 aliphatic heterocycles. The molecule has 0 aliphatic carbocycles. The number of phenols is 1. The number of aliphatic hydroxyl groups is 5. The molecule has 0 bridgehead atoms. The van der Waals surface area contributed by atoms with E-state index in [2.05, 4.69) is 0 Å². The zero-order valence-electron chi connectivity index (χ0n) is 13.5. The van der Waals surface area contributed by atoms with Crippen molar-refractivity contribution in [2.75, 3.05) is 20.3 Å². The van der Waals surface area contributed by atoms with Crippen LogP contribution in [0.3, 0.4) is 0 Å². The van der Waals surface area contributed by atoms with E-state index in [0.717, 1.165) is 0 Å². The fraction of sp³-hybridized carbons (Fsp3) is 0.500.